The van der Waals surface area contributed by atoms with Crippen LogP contribution in [-0.4, -0.2) is 33.6 Å². The van der Waals surface area contributed by atoms with Crippen LogP contribution in [0.1, 0.15) is 15.9 Å². The summed E-state index contributed by atoms with van der Waals surface area (Å²) >= 11 is 3.41. The fourth-order valence-electron chi connectivity index (χ4n) is 1.64. The molecule has 0 aromatic heterocycles. The molecule has 0 aliphatic carbocycles. The highest BCUT2D eigenvalue weighted by molar-refractivity contribution is 9.10. The minimum Gasteiger partial charge on any atom is -0.493 e. The average molecular weight is 302 g/mol. The van der Waals surface area contributed by atoms with Crippen LogP contribution in [0.15, 0.2) is 10.5 Å². The summed E-state index contributed by atoms with van der Waals surface area (Å²) in [4.78, 5) is 12.0. The predicted octanol–water partition coefficient (Wildman–Crippen LogP) is 2.18. The van der Waals surface area contributed by atoms with Gasteiger partial charge in [-0.05, 0) is 25.6 Å². The van der Waals surface area contributed by atoms with E-state index >= 15 is 0 Å². The van der Waals surface area contributed by atoms with Crippen molar-refractivity contribution in [3.05, 3.63) is 21.7 Å². The standard InChI is InChI=1S/C12H16BrNO3/c1-7-8(13)5-10(16-3)12(17-4)11(7)9(15)6-14-2/h5,14H,6H2,1-4H3. The second-order valence-electron chi connectivity index (χ2n) is 3.55. The number of nitrogens with one attached hydrogen (secondary N) is 1. The number of ketones is 1. The fourth-order valence-corrected chi connectivity index (χ4v) is 2.05. The Morgan fingerprint density at radius 2 is 2.06 bits per heavy atom. The predicted molar refractivity (Wildman–Crippen MR) is 70.2 cm³/mol. The summed E-state index contributed by atoms with van der Waals surface area (Å²) in [6.07, 6.45) is 0. The molecule has 4 nitrogen and oxygen atoms in total. The van der Waals surface area contributed by atoms with Crippen LogP contribution in [0.4, 0.5) is 0 Å². The lowest BCUT2D eigenvalue weighted by atomic mass is 10.0. The number of carbonyl (C=O) groups excluding carboxylic acids is 1. The first kappa shape index (κ1) is 14.0. The molecule has 0 heterocycles. The smallest absolute Gasteiger partial charge is 0.180 e. The molecule has 1 aromatic carbocycles. The number of rotatable bonds is 5. The Morgan fingerprint density at radius 3 is 2.53 bits per heavy atom. The van der Waals surface area contributed by atoms with Crippen molar-refractivity contribution < 1.29 is 14.3 Å². The van der Waals surface area contributed by atoms with E-state index in [1.165, 1.54) is 7.11 Å². The lowest BCUT2D eigenvalue weighted by Crippen LogP contribution is -2.20. The van der Waals surface area contributed by atoms with Crippen molar-refractivity contribution in [2.24, 2.45) is 0 Å². The lowest BCUT2D eigenvalue weighted by molar-refractivity contribution is 0.0989. The van der Waals surface area contributed by atoms with Crippen molar-refractivity contribution in [2.75, 3.05) is 27.8 Å². The van der Waals surface area contributed by atoms with Gasteiger partial charge in [0.1, 0.15) is 0 Å². The highest BCUT2D eigenvalue weighted by Crippen LogP contribution is 2.37. The van der Waals surface area contributed by atoms with Crippen molar-refractivity contribution >= 4 is 21.7 Å². The number of likely N-dealkylation sites (N-methyl/N-ethyl adjacent to an activating group) is 1. The maximum Gasteiger partial charge on any atom is 0.180 e. The van der Waals surface area contributed by atoms with Gasteiger partial charge in [0, 0.05) is 4.47 Å². The second kappa shape index (κ2) is 6.02. The summed E-state index contributed by atoms with van der Waals surface area (Å²) in [6.45, 7) is 2.13. The van der Waals surface area contributed by atoms with Gasteiger partial charge < -0.3 is 14.8 Å². The van der Waals surface area contributed by atoms with Crippen LogP contribution in [0.5, 0.6) is 11.5 Å². The van der Waals surface area contributed by atoms with Gasteiger partial charge in [-0.3, -0.25) is 4.79 Å². The summed E-state index contributed by atoms with van der Waals surface area (Å²) in [6, 6.07) is 1.80. The molecule has 0 aliphatic rings. The highest BCUT2D eigenvalue weighted by atomic mass is 79.9. The monoisotopic (exact) mass is 301 g/mol. The van der Waals surface area contributed by atoms with Gasteiger partial charge >= 0.3 is 0 Å². The van der Waals surface area contributed by atoms with Gasteiger partial charge in [-0.25, -0.2) is 0 Å². The molecule has 0 unspecified atom stereocenters. The van der Waals surface area contributed by atoms with Crippen LogP contribution in [0.3, 0.4) is 0 Å². The Morgan fingerprint density at radius 1 is 1.41 bits per heavy atom. The van der Waals surface area contributed by atoms with E-state index < -0.39 is 0 Å². The quantitative estimate of drug-likeness (QED) is 0.847. The molecule has 1 rings (SSSR count). The average Bonchev–Trinajstić information content (AvgIpc) is 2.31. The summed E-state index contributed by atoms with van der Waals surface area (Å²) in [5.74, 6) is 0.999. The van der Waals surface area contributed by atoms with E-state index in [0.717, 1.165) is 10.0 Å². The number of methoxy groups -OCH3 is 2. The van der Waals surface area contributed by atoms with Gasteiger partial charge in [0.2, 0.25) is 0 Å². The molecule has 0 fully saturated rings. The van der Waals surface area contributed by atoms with Crippen molar-refractivity contribution in [3.63, 3.8) is 0 Å². The first-order valence-electron chi connectivity index (χ1n) is 5.15. The maximum absolute atomic E-state index is 12.0. The zero-order chi connectivity index (χ0) is 13.0. The number of ether oxygens (including phenoxy) is 2. The van der Waals surface area contributed by atoms with Crippen LogP contribution >= 0.6 is 15.9 Å². The Kier molecular flexibility index (Phi) is 4.96. The first-order chi connectivity index (χ1) is 8.06. The van der Waals surface area contributed by atoms with Crippen molar-refractivity contribution in [1.82, 2.24) is 5.32 Å². The molecule has 0 radical (unpaired) electrons. The number of carbonyl (C=O) groups is 1. The van der Waals surface area contributed by atoms with E-state index in [-0.39, 0.29) is 12.3 Å². The molecule has 0 saturated heterocycles. The molecule has 0 bridgehead atoms. The van der Waals surface area contributed by atoms with E-state index in [9.17, 15) is 4.79 Å². The van der Waals surface area contributed by atoms with E-state index in [2.05, 4.69) is 21.2 Å². The van der Waals surface area contributed by atoms with Crippen molar-refractivity contribution in [1.29, 1.82) is 0 Å². The molecule has 0 spiro atoms. The first-order valence-corrected chi connectivity index (χ1v) is 5.95. The summed E-state index contributed by atoms with van der Waals surface area (Å²) in [7, 11) is 4.81. The third kappa shape index (κ3) is 2.79. The van der Waals surface area contributed by atoms with Crippen molar-refractivity contribution in [2.45, 2.75) is 6.92 Å². The minimum atomic E-state index is -0.0264. The molecular weight excluding hydrogens is 286 g/mol. The summed E-state index contributed by atoms with van der Waals surface area (Å²) < 4.78 is 11.3. The Balaban J connectivity index is 3.43. The van der Waals surface area contributed by atoms with E-state index in [4.69, 9.17) is 9.47 Å². The van der Waals surface area contributed by atoms with E-state index in [1.807, 2.05) is 6.92 Å². The van der Waals surface area contributed by atoms with Gasteiger partial charge in [-0.1, -0.05) is 15.9 Å². The largest absolute Gasteiger partial charge is 0.493 e. The SMILES string of the molecule is CNCC(=O)c1c(C)c(Br)cc(OC)c1OC. The van der Waals surface area contributed by atoms with Crippen LogP contribution in [0.2, 0.25) is 0 Å². The Hall–Kier alpha value is -1.07. The fraction of sp³-hybridized carbons (Fsp3) is 0.417. The lowest BCUT2D eigenvalue weighted by Gasteiger charge is -2.15. The zero-order valence-electron chi connectivity index (χ0n) is 10.4. The molecule has 94 valence electrons. The van der Waals surface area contributed by atoms with Crippen molar-refractivity contribution in [3.8, 4) is 11.5 Å². The zero-order valence-corrected chi connectivity index (χ0v) is 12.0. The molecule has 17 heavy (non-hydrogen) atoms. The summed E-state index contributed by atoms with van der Waals surface area (Å²) in [5.41, 5.74) is 1.40. The van der Waals surface area contributed by atoms with Gasteiger partial charge in [0.05, 0.1) is 26.3 Å². The second-order valence-corrected chi connectivity index (χ2v) is 4.40. The van der Waals surface area contributed by atoms with Gasteiger partial charge in [-0.2, -0.15) is 0 Å². The number of Topliss-reactive ketones (excluding diaryl/α,β-unsaturated/α-hetero) is 1. The molecule has 0 amide bonds. The van der Waals surface area contributed by atoms with Gasteiger partial charge in [0.15, 0.2) is 17.3 Å². The number of hydrogen-bond acceptors (Lipinski definition) is 4. The number of hydrogen-bond donors (Lipinski definition) is 1. The molecule has 0 saturated carbocycles. The molecular formula is C12H16BrNO3. The summed E-state index contributed by atoms with van der Waals surface area (Å²) in [5, 5.41) is 2.84. The molecule has 0 aliphatic heterocycles. The van der Waals surface area contributed by atoms with Crippen LogP contribution in [-0.2, 0) is 0 Å². The molecule has 5 heteroatoms. The van der Waals surface area contributed by atoms with E-state index in [1.54, 1.807) is 20.2 Å². The topological polar surface area (TPSA) is 47.6 Å². The third-order valence-electron chi connectivity index (χ3n) is 2.48. The van der Waals surface area contributed by atoms with Crippen LogP contribution in [0.25, 0.3) is 0 Å². The normalized spacial score (nSPS) is 10.2. The molecule has 1 aromatic rings. The number of benzene rings is 1. The third-order valence-corrected chi connectivity index (χ3v) is 3.31. The highest BCUT2D eigenvalue weighted by Gasteiger charge is 2.21. The maximum atomic E-state index is 12.0. The molecule has 0 atom stereocenters. The van der Waals surface area contributed by atoms with Crippen LogP contribution < -0.4 is 14.8 Å². The Labute approximate surface area is 109 Å². The molecule has 1 N–H and O–H groups in total. The van der Waals surface area contributed by atoms with Gasteiger partial charge in [0.25, 0.3) is 0 Å². The van der Waals surface area contributed by atoms with Crippen LogP contribution in [0, 0.1) is 6.92 Å². The minimum absolute atomic E-state index is 0.0264. The number of halogens is 1. The van der Waals surface area contributed by atoms with E-state index in [0.29, 0.717) is 17.1 Å². The Bertz CT molecular complexity index is 432. The van der Waals surface area contributed by atoms with Gasteiger partial charge in [-0.15, -0.1) is 0 Å².